The first-order chi connectivity index (χ1) is 13.3. The van der Waals surface area contributed by atoms with Crippen LogP contribution in [0.4, 0.5) is 10.1 Å². The van der Waals surface area contributed by atoms with Crippen molar-refractivity contribution in [3.05, 3.63) is 83.9 Å². The third-order valence-electron chi connectivity index (χ3n) is 3.64. The van der Waals surface area contributed by atoms with Crippen LogP contribution in [0, 0.1) is 5.82 Å². The molecule has 1 aromatic heterocycles. The minimum Gasteiger partial charge on any atom is -0.357 e. The Morgan fingerprint density at radius 3 is 2.29 bits per heavy atom. The van der Waals surface area contributed by atoms with E-state index in [1.54, 1.807) is 12.3 Å². The van der Waals surface area contributed by atoms with Gasteiger partial charge in [-0.05, 0) is 54.6 Å². The highest BCUT2D eigenvalue weighted by molar-refractivity contribution is 7.92. The van der Waals surface area contributed by atoms with Crippen molar-refractivity contribution >= 4 is 27.5 Å². The van der Waals surface area contributed by atoms with E-state index in [2.05, 4.69) is 20.6 Å². The maximum absolute atomic E-state index is 12.9. The SMILES string of the molecule is O=C(NNC(=O)c1ccc[nH]1)c1cccc(S(=O)(=O)Nc2ccc(F)cc2)c1. The monoisotopic (exact) mass is 402 g/mol. The van der Waals surface area contributed by atoms with Gasteiger partial charge in [0, 0.05) is 17.4 Å². The first-order valence-corrected chi connectivity index (χ1v) is 9.46. The summed E-state index contributed by atoms with van der Waals surface area (Å²) in [6.45, 7) is 0. The molecule has 0 saturated heterocycles. The van der Waals surface area contributed by atoms with E-state index >= 15 is 0 Å². The van der Waals surface area contributed by atoms with E-state index in [0.29, 0.717) is 0 Å². The van der Waals surface area contributed by atoms with Crippen molar-refractivity contribution < 1.29 is 22.4 Å². The Kier molecular flexibility index (Phi) is 5.41. The first-order valence-electron chi connectivity index (χ1n) is 7.98. The summed E-state index contributed by atoms with van der Waals surface area (Å²) >= 11 is 0. The number of rotatable bonds is 5. The quantitative estimate of drug-likeness (QED) is 0.488. The second kappa shape index (κ2) is 7.92. The number of carbonyl (C=O) groups excluding carboxylic acids is 2. The summed E-state index contributed by atoms with van der Waals surface area (Å²) in [6, 6.07) is 13.2. The summed E-state index contributed by atoms with van der Waals surface area (Å²) in [5.74, 6) is -1.75. The van der Waals surface area contributed by atoms with Crippen LogP contribution >= 0.6 is 0 Å². The van der Waals surface area contributed by atoms with Gasteiger partial charge in [-0.1, -0.05) is 6.07 Å². The molecule has 4 N–H and O–H groups in total. The zero-order valence-electron chi connectivity index (χ0n) is 14.3. The number of halogens is 1. The van der Waals surface area contributed by atoms with Gasteiger partial charge in [-0.15, -0.1) is 0 Å². The number of sulfonamides is 1. The molecule has 1 heterocycles. The van der Waals surface area contributed by atoms with Crippen molar-refractivity contribution in [2.75, 3.05) is 4.72 Å². The van der Waals surface area contributed by atoms with Gasteiger partial charge in [0.25, 0.3) is 21.8 Å². The molecule has 0 radical (unpaired) electrons. The molecule has 0 spiro atoms. The summed E-state index contributed by atoms with van der Waals surface area (Å²) < 4.78 is 40.2. The van der Waals surface area contributed by atoms with E-state index in [0.717, 1.165) is 18.2 Å². The molecule has 28 heavy (non-hydrogen) atoms. The molecule has 0 aliphatic rings. The number of hydrazine groups is 1. The van der Waals surface area contributed by atoms with Crippen LogP contribution < -0.4 is 15.6 Å². The molecule has 3 aromatic rings. The average molecular weight is 402 g/mol. The standard InChI is InChI=1S/C18H15FN4O4S/c19-13-6-8-14(9-7-13)23-28(26,27)15-4-1-3-12(11-15)17(24)21-22-18(25)16-5-2-10-20-16/h1-11,20,23H,(H,21,24)(H,22,25). The molecule has 0 aliphatic carbocycles. The molecule has 2 aromatic carbocycles. The molecule has 144 valence electrons. The lowest BCUT2D eigenvalue weighted by Gasteiger charge is -2.10. The lowest BCUT2D eigenvalue weighted by Crippen LogP contribution is -2.41. The molecule has 0 unspecified atom stereocenters. The van der Waals surface area contributed by atoms with Crippen LogP contribution in [-0.4, -0.2) is 25.2 Å². The molecular formula is C18H15FN4O4S. The van der Waals surface area contributed by atoms with Crippen LogP contribution in [0.1, 0.15) is 20.8 Å². The number of hydrogen-bond acceptors (Lipinski definition) is 4. The van der Waals surface area contributed by atoms with E-state index in [1.807, 2.05) is 0 Å². The Morgan fingerprint density at radius 1 is 0.893 bits per heavy atom. The van der Waals surface area contributed by atoms with Gasteiger partial charge >= 0.3 is 0 Å². The Morgan fingerprint density at radius 2 is 1.61 bits per heavy atom. The molecule has 0 atom stereocenters. The van der Waals surface area contributed by atoms with E-state index < -0.39 is 27.7 Å². The summed E-state index contributed by atoms with van der Waals surface area (Å²) in [4.78, 5) is 26.5. The minimum absolute atomic E-state index is 0.0220. The number of aromatic amines is 1. The van der Waals surface area contributed by atoms with Crippen molar-refractivity contribution in [2.45, 2.75) is 4.90 Å². The second-order valence-corrected chi connectivity index (χ2v) is 7.31. The van der Waals surface area contributed by atoms with E-state index in [-0.39, 0.29) is 21.8 Å². The van der Waals surface area contributed by atoms with Gasteiger partial charge in [0.2, 0.25) is 0 Å². The van der Waals surface area contributed by atoms with Gasteiger partial charge in [-0.2, -0.15) is 0 Å². The fraction of sp³-hybridized carbons (Fsp3) is 0. The van der Waals surface area contributed by atoms with Crippen LogP contribution in [0.15, 0.2) is 71.8 Å². The highest BCUT2D eigenvalue weighted by Crippen LogP contribution is 2.17. The number of carbonyl (C=O) groups is 2. The van der Waals surface area contributed by atoms with E-state index in [9.17, 15) is 22.4 Å². The Balaban J connectivity index is 1.71. The number of benzene rings is 2. The lowest BCUT2D eigenvalue weighted by molar-refractivity contribution is 0.0844. The van der Waals surface area contributed by atoms with Crippen molar-refractivity contribution in [1.82, 2.24) is 15.8 Å². The van der Waals surface area contributed by atoms with E-state index in [1.165, 1.54) is 36.4 Å². The van der Waals surface area contributed by atoms with Crippen molar-refractivity contribution in [2.24, 2.45) is 0 Å². The fourth-order valence-electron chi connectivity index (χ4n) is 2.26. The summed E-state index contributed by atoms with van der Waals surface area (Å²) in [7, 11) is -3.99. The highest BCUT2D eigenvalue weighted by atomic mass is 32.2. The van der Waals surface area contributed by atoms with Gasteiger partial charge in [0.05, 0.1) is 4.90 Å². The second-order valence-electron chi connectivity index (χ2n) is 5.63. The van der Waals surface area contributed by atoms with Crippen molar-refractivity contribution in [1.29, 1.82) is 0 Å². The van der Waals surface area contributed by atoms with Crippen LogP contribution in [-0.2, 0) is 10.0 Å². The predicted octanol–water partition coefficient (Wildman–Crippen LogP) is 2.03. The van der Waals surface area contributed by atoms with Gasteiger partial charge in [0.1, 0.15) is 11.5 Å². The summed E-state index contributed by atoms with van der Waals surface area (Å²) in [5, 5.41) is 0. The lowest BCUT2D eigenvalue weighted by atomic mass is 10.2. The van der Waals surface area contributed by atoms with Crippen LogP contribution in [0.5, 0.6) is 0 Å². The third-order valence-corrected chi connectivity index (χ3v) is 5.01. The molecule has 2 amide bonds. The number of nitrogens with one attached hydrogen (secondary N) is 4. The van der Waals surface area contributed by atoms with Crippen LogP contribution in [0.3, 0.4) is 0 Å². The van der Waals surface area contributed by atoms with E-state index in [4.69, 9.17) is 0 Å². The fourth-order valence-corrected chi connectivity index (χ4v) is 3.37. The number of aromatic nitrogens is 1. The van der Waals surface area contributed by atoms with Crippen molar-refractivity contribution in [3.8, 4) is 0 Å². The van der Waals surface area contributed by atoms with Crippen LogP contribution in [0.25, 0.3) is 0 Å². The number of H-pyrrole nitrogens is 1. The Hall–Kier alpha value is -3.66. The third kappa shape index (κ3) is 4.54. The Bertz CT molecular complexity index is 1100. The smallest absolute Gasteiger partial charge is 0.286 e. The molecule has 8 nitrogen and oxygen atoms in total. The summed E-state index contributed by atoms with van der Waals surface area (Å²) in [5.41, 5.74) is 4.87. The average Bonchev–Trinajstić information content (AvgIpc) is 3.22. The summed E-state index contributed by atoms with van der Waals surface area (Å²) in [6.07, 6.45) is 1.55. The first kappa shape index (κ1) is 19.1. The van der Waals surface area contributed by atoms with Gasteiger partial charge in [-0.3, -0.25) is 25.2 Å². The normalized spacial score (nSPS) is 10.9. The zero-order chi connectivity index (χ0) is 20.1. The molecule has 10 heteroatoms. The minimum atomic E-state index is -3.99. The molecule has 0 fully saturated rings. The number of hydrogen-bond donors (Lipinski definition) is 4. The molecule has 3 rings (SSSR count). The Labute approximate surface area is 159 Å². The highest BCUT2D eigenvalue weighted by Gasteiger charge is 2.17. The van der Waals surface area contributed by atoms with Crippen molar-refractivity contribution in [3.63, 3.8) is 0 Å². The molecule has 0 saturated carbocycles. The van der Waals surface area contributed by atoms with Gasteiger partial charge in [-0.25, -0.2) is 12.8 Å². The molecule has 0 aliphatic heterocycles. The largest absolute Gasteiger partial charge is 0.357 e. The predicted molar refractivity (Wildman–Crippen MR) is 99.4 cm³/mol. The number of amides is 2. The van der Waals surface area contributed by atoms with Gasteiger partial charge < -0.3 is 4.98 Å². The maximum atomic E-state index is 12.9. The zero-order valence-corrected chi connectivity index (χ0v) is 15.1. The molecular weight excluding hydrogens is 387 g/mol. The van der Waals surface area contributed by atoms with Gasteiger partial charge in [0.15, 0.2) is 0 Å². The number of anilines is 1. The topological polar surface area (TPSA) is 120 Å². The molecule has 0 bridgehead atoms. The maximum Gasteiger partial charge on any atom is 0.286 e. The van der Waals surface area contributed by atoms with Crippen LogP contribution in [0.2, 0.25) is 0 Å².